The molecule has 0 aliphatic carbocycles. The van der Waals surface area contributed by atoms with Crippen LogP contribution in [0.5, 0.6) is 0 Å². The molecule has 3 heteroatoms. The monoisotopic (exact) mass is 426 g/mol. The van der Waals surface area contributed by atoms with Crippen molar-refractivity contribution in [1.29, 1.82) is 0 Å². The van der Waals surface area contributed by atoms with Crippen molar-refractivity contribution >= 4 is 8.07 Å². The lowest BCUT2D eigenvalue weighted by Gasteiger charge is -2.22. The molecule has 29 heavy (non-hydrogen) atoms. The van der Waals surface area contributed by atoms with E-state index >= 15 is 0 Å². The molecule has 1 aliphatic heterocycles. The van der Waals surface area contributed by atoms with Crippen molar-refractivity contribution in [3.05, 3.63) is 0 Å². The normalized spacial score (nSPS) is 17.6. The first kappa shape index (κ1) is 27.2. The third-order valence-electron chi connectivity index (χ3n) is 6.27. The van der Waals surface area contributed by atoms with Crippen LogP contribution in [0.4, 0.5) is 0 Å². The minimum Gasteiger partial charge on any atom is -0.375 e. The predicted molar refractivity (Wildman–Crippen MR) is 132 cm³/mol. The van der Waals surface area contributed by atoms with E-state index in [9.17, 15) is 0 Å². The van der Waals surface area contributed by atoms with Crippen molar-refractivity contribution < 1.29 is 9.47 Å². The van der Waals surface area contributed by atoms with E-state index in [0.29, 0.717) is 12.2 Å². The third kappa shape index (κ3) is 19.8. The molecule has 0 aromatic rings. The van der Waals surface area contributed by atoms with Gasteiger partial charge in [-0.25, -0.2) is 0 Å². The molecule has 0 saturated carbocycles. The summed E-state index contributed by atoms with van der Waals surface area (Å²) in [7, 11) is -0.962. The highest BCUT2D eigenvalue weighted by atomic mass is 28.3. The number of hydrogen-bond donors (Lipinski definition) is 0. The molecule has 0 N–H and O–H groups in total. The fourth-order valence-electron chi connectivity index (χ4n) is 4.06. The lowest BCUT2D eigenvalue weighted by Crippen LogP contribution is -2.24. The number of epoxide rings is 1. The Morgan fingerprint density at radius 3 is 1.59 bits per heavy atom. The van der Waals surface area contributed by atoms with E-state index in [2.05, 4.69) is 26.6 Å². The van der Waals surface area contributed by atoms with Gasteiger partial charge < -0.3 is 9.47 Å². The molecule has 1 saturated heterocycles. The van der Waals surface area contributed by atoms with Crippen LogP contribution in [0.1, 0.15) is 116 Å². The van der Waals surface area contributed by atoms with Gasteiger partial charge in [0.1, 0.15) is 6.10 Å². The zero-order valence-electron chi connectivity index (χ0n) is 20.6. The first-order valence-corrected chi connectivity index (χ1v) is 16.9. The van der Waals surface area contributed by atoms with Crippen LogP contribution in [0.15, 0.2) is 0 Å². The summed E-state index contributed by atoms with van der Waals surface area (Å²) in [5, 5.41) is 0. The van der Waals surface area contributed by atoms with Crippen LogP contribution in [0.25, 0.3) is 0 Å². The van der Waals surface area contributed by atoms with Gasteiger partial charge in [-0.05, 0) is 12.8 Å². The zero-order chi connectivity index (χ0) is 21.2. The quantitative estimate of drug-likeness (QED) is 0.0980. The van der Waals surface area contributed by atoms with Gasteiger partial charge in [-0.15, -0.1) is 0 Å². The molecule has 1 heterocycles. The van der Waals surface area contributed by atoms with Crippen LogP contribution in [-0.2, 0) is 9.47 Å². The van der Waals surface area contributed by atoms with Gasteiger partial charge in [0.2, 0.25) is 0 Å². The molecule has 2 unspecified atom stereocenters. The molecular weight excluding hydrogens is 372 g/mol. The van der Waals surface area contributed by atoms with Crippen LogP contribution < -0.4 is 0 Å². The Labute approximate surface area is 184 Å². The topological polar surface area (TPSA) is 21.8 Å². The molecule has 2 atom stereocenters. The van der Waals surface area contributed by atoms with Crippen molar-refractivity contribution in [2.75, 3.05) is 13.2 Å². The molecule has 1 rings (SSSR count). The van der Waals surface area contributed by atoms with Gasteiger partial charge in [0, 0.05) is 8.07 Å². The number of rotatable bonds is 22. The third-order valence-corrected chi connectivity index (χ3v) is 8.05. The fourth-order valence-corrected chi connectivity index (χ4v) is 5.24. The lowest BCUT2D eigenvalue weighted by atomic mass is 10.0. The van der Waals surface area contributed by atoms with Crippen LogP contribution in [0, 0.1) is 0 Å². The second-order valence-corrected chi connectivity index (χ2v) is 16.4. The number of hydrogen-bond acceptors (Lipinski definition) is 2. The SMILES string of the molecule is CCCCCCCCCCCCCCCCCC(CC[Si](C)(C)C)OCC1CO1. The average Bonchev–Trinajstić information content (AvgIpc) is 3.50. The van der Waals surface area contributed by atoms with Gasteiger partial charge in [-0.3, -0.25) is 0 Å². The number of ether oxygens (including phenoxy) is 2. The van der Waals surface area contributed by atoms with Crippen LogP contribution in [0.2, 0.25) is 25.7 Å². The van der Waals surface area contributed by atoms with E-state index < -0.39 is 8.07 Å². The Balaban J connectivity index is 1.87. The summed E-state index contributed by atoms with van der Waals surface area (Å²) in [6, 6.07) is 1.39. The van der Waals surface area contributed by atoms with Gasteiger partial charge in [-0.2, -0.15) is 0 Å². The molecule has 0 aromatic carbocycles. The minimum atomic E-state index is -0.962. The van der Waals surface area contributed by atoms with Crippen molar-refractivity contribution in [1.82, 2.24) is 0 Å². The first-order valence-electron chi connectivity index (χ1n) is 13.2. The number of unbranched alkanes of at least 4 members (excludes halogenated alkanes) is 14. The molecule has 1 aliphatic rings. The van der Waals surface area contributed by atoms with E-state index in [1.165, 1.54) is 115 Å². The average molecular weight is 427 g/mol. The maximum absolute atomic E-state index is 6.18. The van der Waals surface area contributed by atoms with E-state index in [1.54, 1.807) is 0 Å². The smallest absolute Gasteiger partial charge is 0.104 e. The van der Waals surface area contributed by atoms with E-state index in [1.807, 2.05) is 0 Å². The Morgan fingerprint density at radius 1 is 0.724 bits per heavy atom. The van der Waals surface area contributed by atoms with Crippen LogP contribution in [-0.4, -0.2) is 33.5 Å². The lowest BCUT2D eigenvalue weighted by molar-refractivity contribution is 0.0332. The molecule has 174 valence electrons. The minimum absolute atomic E-state index is 0.408. The van der Waals surface area contributed by atoms with Gasteiger partial charge in [0.15, 0.2) is 0 Å². The van der Waals surface area contributed by atoms with Gasteiger partial charge >= 0.3 is 0 Å². The summed E-state index contributed by atoms with van der Waals surface area (Å²) in [6.07, 6.45) is 25.0. The summed E-state index contributed by atoms with van der Waals surface area (Å²) in [5.41, 5.74) is 0. The summed E-state index contributed by atoms with van der Waals surface area (Å²) >= 11 is 0. The molecule has 0 bridgehead atoms. The fraction of sp³-hybridized carbons (Fsp3) is 1.00. The van der Waals surface area contributed by atoms with Crippen LogP contribution in [0.3, 0.4) is 0 Å². The summed E-state index contributed by atoms with van der Waals surface area (Å²) < 4.78 is 11.5. The Kier molecular flexibility index (Phi) is 16.7. The molecule has 0 aromatic heterocycles. The molecule has 1 fully saturated rings. The summed E-state index contributed by atoms with van der Waals surface area (Å²) in [4.78, 5) is 0. The maximum Gasteiger partial charge on any atom is 0.104 e. The highest BCUT2D eigenvalue weighted by Gasteiger charge is 2.25. The predicted octanol–water partition coefficient (Wildman–Crippen LogP) is 8.76. The first-order chi connectivity index (χ1) is 14.0. The zero-order valence-corrected chi connectivity index (χ0v) is 21.6. The van der Waals surface area contributed by atoms with Crippen molar-refractivity contribution in [3.8, 4) is 0 Å². The Bertz CT molecular complexity index is 349. The second kappa shape index (κ2) is 17.8. The Morgan fingerprint density at radius 2 is 1.17 bits per heavy atom. The highest BCUT2D eigenvalue weighted by molar-refractivity contribution is 6.76. The standard InChI is InChI=1S/C26H54O2Si/c1-5-6-7-8-9-10-11-12-13-14-15-16-17-18-19-20-25(21-22-29(2,3)4)27-23-26-24-28-26/h25-26H,5-24H2,1-4H3. The van der Waals surface area contributed by atoms with Crippen molar-refractivity contribution in [2.24, 2.45) is 0 Å². The van der Waals surface area contributed by atoms with Gasteiger partial charge in [0.05, 0.1) is 19.3 Å². The van der Waals surface area contributed by atoms with Crippen molar-refractivity contribution in [2.45, 2.75) is 154 Å². The summed E-state index contributed by atoms with van der Waals surface area (Å²) in [5.74, 6) is 0. The van der Waals surface area contributed by atoms with E-state index in [0.717, 1.165) is 13.2 Å². The van der Waals surface area contributed by atoms with Gasteiger partial charge in [0.25, 0.3) is 0 Å². The Hall–Kier alpha value is 0.137. The molecular formula is C26H54O2Si. The molecule has 2 nitrogen and oxygen atoms in total. The molecule has 0 radical (unpaired) electrons. The second-order valence-electron chi connectivity index (χ2n) is 10.7. The van der Waals surface area contributed by atoms with Crippen LogP contribution >= 0.6 is 0 Å². The maximum atomic E-state index is 6.18. The van der Waals surface area contributed by atoms with Crippen molar-refractivity contribution in [3.63, 3.8) is 0 Å². The van der Waals surface area contributed by atoms with E-state index in [-0.39, 0.29) is 0 Å². The molecule has 0 spiro atoms. The molecule has 0 amide bonds. The highest BCUT2D eigenvalue weighted by Crippen LogP contribution is 2.21. The van der Waals surface area contributed by atoms with E-state index in [4.69, 9.17) is 9.47 Å². The van der Waals surface area contributed by atoms with Gasteiger partial charge in [-0.1, -0.05) is 129 Å². The summed E-state index contributed by atoms with van der Waals surface area (Å²) in [6.45, 7) is 11.5. The largest absolute Gasteiger partial charge is 0.375 e.